The zero-order valence-electron chi connectivity index (χ0n) is 12.9. The van der Waals surface area contributed by atoms with Crippen LogP contribution in [0.4, 0.5) is 19.0 Å². The van der Waals surface area contributed by atoms with Gasteiger partial charge in [0.15, 0.2) is 5.75 Å². The van der Waals surface area contributed by atoms with Crippen LogP contribution in [0.5, 0.6) is 5.75 Å². The standard InChI is InChI=1S/C17H10Cl2F3N3O/c18-12-7-13(19)16(26)15-11(12)4-5-14(24-15)25-23-8-9-2-1-3-10(6-9)17(20,21)22/h1-8,26H,(H,24,25)/b23-8+. The molecule has 1 heterocycles. The van der Waals surface area contributed by atoms with Gasteiger partial charge in [0.05, 0.1) is 21.8 Å². The molecule has 0 spiro atoms. The molecule has 9 heteroatoms. The first kappa shape index (κ1) is 18.3. The Kier molecular flexibility index (Phi) is 4.93. The van der Waals surface area contributed by atoms with Gasteiger partial charge in [-0.3, -0.25) is 5.43 Å². The summed E-state index contributed by atoms with van der Waals surface area (Å²) >= 11 is 11.9. The Morgan fingerprint density at radius 1 is 1.08 bits per heavy atom. The number of hydrogen-bond acceptors (Lipinski definition) is 4. The van der Waals surface area contributed by atoms with E-state index in [2.05, 4.69) is 15.5 Å². The Bertz CT molecular complexity index is 1010. The summed E-state index contributed by atoms with van der Waals surface area (Å²) in [5, 5.41) is 14.7. The van der Waals surface area contributed by atoms with Crippen molar-refractivity contribution in [1.29, 1.82) is 0 Å². The Morgan fingerprint density at radius 3 is 2.58 bits per heavy atom. The van der Waals surface area contributed by atoms with Crippen LogP contribution in [0.15, 0.2) is 47.6 Å². The quantitative estimate of drug-likeness (QED) is 0.437. The normalized spacial score (nSPS) is 12.0. The van der Waals surface area contributed by atoms with E-state index in [1.165, 1.54) is 24.4 Å². The summed E-state index contributed by atoms with van der Waals surface area (Å²) in [5.41, 5.74) is 2.27. The summed E-state index contributed by atoms with van der Waals surface area (Å²) in [4.78, 5) is 4.16. The van der Waals surface area contributed by atoms with Gasteiger partial charge < -0.3 is 5.11 Å². The second kappa shape index (κ2) is 7.01. The largest absolute Gasteiger partial charge is 0.504 e. The van der Waals surface area contributed by atoms with E-state index in [0.29, 0.717) is 10.4 Å². The van der Waals surface area contributed by atoms with Crippen LogP contribution < -0.4 is 5.43 Å². The van der Waals surface area contributed by atoms with Gasteiger partial charge in [-0.15, -0.1) is 0 Å². The van der Waals surface area contributed by atoms with Crippen LogP contribution in [0.25, 0.3) is 10.9 Å². The third-order valence-corrected chi connectivity index (χ3v) is 4.06. The molecule has 0 saturated carbocycles. The van der Waals surface area contributed by atoms with Gasteiger partial charge in [-0.2, -0.15) is 18.3 Å². The summed E-state index contributed by atoms with van der Waals surface area (Å²) in [5.74, 6) is 0.0333. The highest BCUT2D eigenvalue weighted by molar-refractivity contribution is 6.39. The monoisotopic (exact) mass is 399 g/mol. The smallest absolute Gasteiger partial charge is 0.416 e. The van der Waals surface area contributed by atoms with Crippen LogP contribution in [-0.4, -0.2) is 16.3 Å². The van der Waals surface area contributed by atoms with E-state index in [-0.39, 0.29) is 27.7 Å². The van der Waals surface area contributed by atoms with Gasteiger partial charge in [-0.05, 0) is 35.9 Å². The number of benzene rings is 2. The minimum Gasteiger partial charge on any atom is -0.504 e. The molecular formula is C17H10Cl2F3N3O. The molecule has 0 aliphatic carbocycles. The molecule has 2 aromatic carbocycles. The minimum atomic E-state index is -4.42. The first-order valence-electron chi connectivity index (χ1n) is 7.20. The summed E-state index contributed by atoms with van der Waals surface area (Å²) in [6.07, 6.45) is -3.20. The number of phenolic OH excluding ortho intramolecular Hbond substituents is 1. The first-order valence-corrected chi connectivity index (χ1v) is 7.95. The number of aromatic hydroxyl groups is 1. The van der Waals surface area contributed by atoms with Crippen molar-refractivity contribution < 1.29 is 18.3 Å². The van der Waals surface area contributed by atoms with Crippen LogP contribution in [0.2, 0.25) is 10.0 Å². The molecule has 0 fully saturated rings. The second-order valence-electron chi connectivity index (χ2n) is 5.27. The number of aromatic nitrogens is 1. The molecule has 0 bridgehead atoms. The van der Waals surface area contributed by atoms with Gasteiger partial charge in [0.25, 0.3) is 0 Å². The van der Waals surface area contributed by atoms with Crippen molar-refractivity contribution in [3.8, 4) is 5.75 Å². The summed E-state index contributed by atoms with van der Waals surface area (Å²) in [6.45, 7) is 0. The van der Waals surface area contributed by atoms with Crippen LogP contribution in [0.1, 0.15) is 11.1 Å². The fourth-order valence-electron chi connectivity index (χ4n) is 2.23. The molecule has 0 aliphatic heterocycles. The van der Waals surface area contributed by atoms with Crippen molar-refractivity contribution in [2.24, 2.45) is 5.10 Å². The Morgan fingerprint density at radius 2 is 1.85 bits per heavy atom. The molecule has 1 aromatic heterocycles. The molecule has 0 aliphatic rings. The highest BCUT2D eigenvalue weighted by atomic mass is 35.5. The van der Waals surface area contributed by atoms with Crippen molar-refractivity contribution in [3.05, 3.63) is 63.6 Å². The number of hydrazone groups is 1. The average molecular weight is 400 g/mol. The zero-order valence-corrected chi connectivity index (χ0v) is 14.4. The number of halogens is 5. The van der Waals surface area contributed by atoms with Gasteiger partial charge in [0.2, 0.25) is 0 Å². The van der Waals surface area contributed by atoms with E-state index in [1.807, 2.05) is 0 Å². The van der Waals surface area contributed by atoms with Crippen LogP contribution in [0, 0.1) is 0 Å². The second-order valence-corrected chi connectivity index (χ2v) is 6.09. The maximum atomic E-state index is 12.7. The van der Waals surface area contributed by atoms with Crippen LogP contribution >= 0.6 is 23.2 Å². The molecule has 3 rings (SSSR count). The van der Waals surface area contributed by atoms with E-state index >= 15 is 0 Å². The summed E-state index contributed by atoms with van der Waals surface area (Å²) < 4.78 is 38.1. The number of alkyl halides is 3. The molecule has 0 amide bonds. The van der Waals surface area contributed by atoms with E-state index in [1.54, 1.807) is 12.1 Å². The van der Waals surface area contributed by atoms with Crippen molar-refractivity contribution in [3.63, 3.8) is 0 Å². The number of nitrogens with one attached hydrogen (secondary N) is 1. The number of anilines is 1. The van der Waals surface area contributed by atoms with E-state index < -0.39 is 11.7 Å². The lowest BCUT2D eigenvalue weighted by molar-refractivity contribution is -0.137. The zero-order chi connectivity index (χ0) is 18.9. The number of hydrogen-bond donors (Lipinski definition) is 2. The summed E-state index contributed by atoms with van der Waals surface area (Å²) in [6, 6.07) is 9.31. The topological polar surface area (TPSA) is 57.5 Å². The molecular weight excluding hydrogens is 390 g/mol. The highest BCUT2D eigenvalue weighted by Crippen LogP contribution is 2.36. The average Bonchev–Trinajstić information content (AvgIpc) is 2.59. The van der Waals surface area contributed by atoms with Crippen molar-refractivity contribution in [1.82, 2.24) is 4.98 Å². The molecule has 4 nitrogen and oxygen atoms in total. The predicted octanol–water partition coefficient (Wildman–Crippen LogP) is 5.71. The number of fused-ring (bicyclic) bond motifs is 1. The molecule has 0 atom stereocenters. The third kappa shape index (κ3) is 3.84. The maximum Gasteiger partial charge on any atom is 0.416 e. The third-order valence-electron chi connectivity index (χ3n) is 3.46. The summed E-state index contributed by atoms with van der Waals surface area (Å²) in [7, 11) is 0. The van der Waals surface area contributed by atoms with Crippen LogP contribution in [0.3, 0.4) is 0 Å². The molecule has 26 heavy (non-hydrogen) atoms. The van der Waals surface area contributed by atoms with E-state index in [0.717, 1.165) is 12.1 Å². The van der Waals surface area contributed by atoms with Crippen LogP contribution in [-0.2, 0) is 6.18 Å². The maximum absolute atomic E-state index is 12.7. The lowest BCUT2D eigenvalue weighted by atomic mass is 10.1. The Labute approximate surface area is 155 Å². The highest BCUT2D eigenvalue weighted by Gasteiger charge is 2.30. The lowest BCUT2D eigenvalue weighted by Crippen LogP contribution is -2.05. The number of rotatable bonds is 3. The molecule has 134 valence electrons. The predicted molar refractivity (Wildman–Crippen MR) is 96.1 cm³/mol. The molecule has 0 saturated heterocycles. The van der Waals surface area contributed by atoms with Gasteiger partial charge in [-0.25, -0.2) is 4.98 Å². The van der Waals surface area contributed by atoms with Gasteiger partial charge in [0.1, 0.15) is 11.3 Å². The Hall–Kier alpha value is -2.51. The Balaban J connectivity index is 1.84. The molecule has 0 radical (unpaired) electrons. The SMILES string of the molecule is Oc1c(Cl)cc(Cl)c2ccc(N/N=C/c3cccc(C(F)(F)F)c3)nc12. The fraction of sp³-hybridized carbons (Fsp3) is 0.0588. The molecule has 2 N–H and O–H groups in total. The van der Waals surface area contributed by atoms with Crippen molar-refractivity contribution in [2.75, 3.05) is 5.43 Å². The lowest BCUT2D eigenvalue weighted by Gasteiger charge is -2.07. The van der Waals surface area contributed by atoms with Crippen molar-refractivity contribution >= 4 is 46.1 Å². The van der Waals surface area contributed by atoms with Gasteiger partial charge in [-0.1, -0.05) is 35.3 Å². The molecule has 3 aromatic rings. The first-order chi connectivity index (χ1) is 12.3. The number of phenols is 1. The van der Waals surface area contributed by atoms with Crippen molar-refractivity contribution in [2.45, 2.75) is 6.18 Å². The van der Waals surface area contributed by atoms with Gasteiger partial charge in [0, 0.05) is 5.39 Å². The number of pyridine rings is 1. The molecule has 0 unspecified atom stereocenters. The van der Waals surface area contributed by atoms with E-state index in [4.69, 9.17) is 23.2 Å². The van der Waals surface area contributed by atoms with E-state index in [9.17, 15) is 18.3 Å². The minimum absolute atomic E-state index is 0.0552. The number of nitrogens with zero attached hydrogens (tertiary/aromatic N) is 2. The fourth-order valence-corrected chi connectivity index (χ4v) is 2.75. The van der Waals surface area contributed by atoms with Gasteiger partial charge >= 0.3 is 6.18 Å².